The van der Waals surface area contributed by atoms with Gasteiger partial charge in [0.05, 0.1) is 18.1 Å². The molecule has 0 amide bonds. The van der Waals surface area contributed by atoms with E-state index >= 15 is 0 Å². The minimum atomic E-state index is -3.52. The van der Waals surface area contributed by atoms with Gasteiger partial charge in [-0.3, -0.25) is 0 Å². The average Bonchev–Trinajstić information content (AvgIpc) is 2.61. The highest BCUT2D eigenvalue weighted by atomic mass is 32.2. The molecule has 128 valence electrons. The molecule has 24 heavy (non-hydrogen) atoms. The number of morpholine rings is 1. The summed E-state index contributed by atoms with van der Waals surface area (Å²) in [6, 6.07) is 14.8. The number of hydrogen-bond acceptors (Lipinski definition) is 4. The SMILES string of the molecule is Cc1cccc(S(=O)(=O)NCc2ccccc2N2CCOCC2)c1. The number of anilines is 1. The first-order valence-corrected chi connectivity index (χ1v) is 9.51. The van der Waals surface area contributed by atoms with Crippen molar-refractivity contribution >= 4 is 15.7 Å². The minimum absolute atomic E-state index is 0.268. The van der Waals surface area contributed by atoms with Crippen molar-refractivity contribution in [3.8, 4) is 0 Å². The Morgan fingerprint density at radius 3 is 2.58 bits per heavy atom. The molecule has 1 saturated heterocycles. The zero-order valence-electron chi connectivity index (χ0n) is 13.7. The first-order chi connectivity index (χ1) is 11.6. The van der Waals surface area contributed by atoms with Crippen molar-refractivity contribution in [1.82, 2.24) is 4.72 Å². The van der Waals surface area contributed by atoms with Gasteiger partial charge in [-0.1, -0.05) is 30.3 Å². The molecule has 2 aromatic rings. The summed E-state index contributed by atoms with van der Waals surface area (Å²) >= 11 is 0. The Bertz CT molecular complexity index is 799. The molecule has 1 aliphatic heterocycles. The summed E-state index contributed by atoms with van der Waals surface area (Å²) in [7, 11) is -3.52. The summed E-state index contributed by atoms with van der Waals surface area (Å²) in [5, 5.41) is 0. The van der Waals surface area contributed by atoms with Gasteiger partial charge in [-0.25, -0.2) is 13.1 Å². The second kappa shape index (κ2) is 7.34. The van der Waals surface area contributed by atoms with Crippen LogP contribution >= 0.6 is 0 Å². The van der Waals surface area contributed by atoms with Crippen LogP contribution in [0.5, 0.6) is 0 Å². The Morgan fingerprint density at radius 2 is 1.83 bits per heavy atom. The number of nitrogens with one attached hydrogen (secondary N) is 1. The highest BCUT2D eigenvalue weighted by molar-refractivity contribution is 7.89. The Balaban J connectivity index is 1.77. The predicted molar refractivity (Wildman–Crippen MR) is 94.7 cm³/mol. The quantitative estimate of drug-likeness (QED) is 0.903. The molecule has 0 atom stereocenters. The highest BCUT2D eigenvalue weighted by Gasteiger charge is 2.17. The Morgan fingerprint density at radius 1 is 1.08 bits per heavy atom. The van der Waals surface area contributed by atoms with Crippen LogP contribution < -0.4 is 9.62 Å². The van der Waals surface area contributed by atoms with Crippen molar-refractivity contribution in [1.29, 1.82) is 0 Å². The van der Waals surface area contributed by atoms with Crippen LogP contribution in [-0.4, -0.2) is 34.7 Å². The van der Waals surface area contributed by atoms with Crippen molar-refractivity contribution in [3.05, 3.63) is 59.7 Å². The molecule has 0 aromatic heterocycles. The summed E-state index contributed by atoms with van der Waals surface area (Å²) in [6.07, 6.45) is 0. The van der Waals surface area contributed by atoms with Gasteiger partial charge in [-0.05, 0) is 36.2 Å². The Kier molecular flexibility index (Phi) is 5.18. The number of rotatable bonds is 5. The third kappa shape index (κ3) is 3.95. The smallest absolute Gasteiger partial charge is 0.240 e. The molecular weight excluding hydrogens is 324 g/mol. The van der Waals surface area contributed by atoms with Crippen LogP contribution in [0.1, 0.15) is 11.1 Å². The van der Waals surface area contributed by atoms with Crippen LogP contribution in [0, 0.1) is 6.92 Å². The van der Waals surface area contributed by atoms with E-state index in [1.165, 1.54) is 0 Å². The van der Waals surface area contributed by atoms with Gasteiger partial charge in [0.15, 0.2) is 0 Å². The molecule has 0 bridgehead atoms. The van der Waals surface area contributed by atoms with Crippen LogP contribution in [0.3, 0.4) is 0 Å². The number of hydrogen-bond donors (Lipinski definition) is 1. The first kappa shape index (κ1) is 17.0. The maximum absolute atomic E-state index is 12.5. The van der Waals surface area contributed by atoms with E-state index in [1.807, 2.05) is 37.3 Å². The summed E-state index contributed by atoms with van der Waals surface area (Å²) in [4.78, 5) is 2.53. The minimum Gasteiger partial charge on any atom is -0.378 e. The fourth-order valence-corrected chi connectivity index (χ4v) is 3.92. The van der Waals surface area contributed by atoms with Gasteiger partial charge in [-0.15, -0.1) is 0 Å². The number of nitrogens with zero attached hydrogens (tertiary/aromatic N) is 1. The molecule has 0 spiro atoms. The molecule has 1 heterocycles. The van der Waals surface area contributed by atoms with Crippen molar-refractivity contribution in [3.63, 3.8) is 0 Å². The van der Waals surface area contributed by atoms with Gasteiger partial charge < -0.3 is 9.64 Å². The molecule has 6 heteroatoms. The molecular formula is C18H22N2O3S. The molecule has 0 saturated carbocycles. The van der Waals surface area contributed by atoms with Gasteiger partial charge >= 0.3 is 0 Å². The Hall–Kier alpha value is -1.89. The first-order valence-electron chi connectivity index (χ1n) is 8.03. The summed E-state index contributed by atoms with van der Waals surface area (Å²) in [6.45, 7) is 5.19. The lowest BCUT2D eigenvalue weighted by Gasteiger charge is -2.30. The third-order valence-electron chi connectivity index (χ3n) is 4.10. The van der Waals surface area contributed by atoms with E-state index in [0.717, 1.165) is 29.9 Å². The standard InChI is InChI=1S/C18H22N2O3S/c1-15-5-4-7-17(13-15)24(21,22)19-14-16-6-2-3-8-18(16)20-9-11-23-12-10-20/h2-8,13,19H,9-12,14H2,1H3. The largest absolute Gasteiger partial charge is 0.378 e. The van der Waals surface area contributed by atoms with E-state index in [-0.39, 0.29) is 6.54 Å². The second-order valence-electron chi connectivity index (χ2n) is 5.87. The molecule has 5 nitrogen and oxygen atoms in total. The number of ether oxygens (including phenoxy) is 1. The Labute approximate surface area is 143 Å². The molecule has 1 fully saturated rings. The van der Waals surface area contributed by atoms with Crippen LogP contribution in [0.25, 0.3) is 0 Å². The van der Waals surface area contributed by atoms with Gasteiger partial charge in [0.1, 0.15) is 0 Å². The van der Waals surface area contributed by atoms with Crippen molar-refractivity contribution in [2.24, 2.45) is 0 Å². The molecule has 0 aliphatic carbocycles. The average molecular weight is 346 g/mol. The topological polar surface area (TPSA) is 58.6 Å². The summed E-state index contributed by atoms with van der Waals surface area (Å²) in [5.74, 6) is 0. The normalized spacial score (nSPS) is 15.5. The van der Waals surface area contributed by atoms with Crippen LogP contribution in [-0.2, 0) is 21.3 Å². The van der Waals surface area contributed by atoms with E-state index in [2.05, 4.69) is 9.62 Å². The van der Waals surface area contributed by atoms with Crippen LogP contribution in [0.4, 0.5) is 5.69 Å². The molecule has 0 unspecified atom stereocenters. The molecule has 1 aliphatic rings. The van der Waals surface area contributed by atoms with E-state index in [9.17, 15) is 8.42 Å². The maximum Gasteiger partial charge on any atom is 0.240 e. The number of sulfonamides is 1. The second-order valence-corrected chi connectivity index (χ2v) is 7.64. The molecule has 1 N–H and O–H groups in total. The molecule has 0 radical (unpaired) electrons. The van der Waals surface area contributed by atoms with Crippen LogP contribution in [0.15, 0.2) is 53.4 Å². The predicted octanol–water partition coefficient (Wildman–Crippen LogP) is 2.31. The number of aryl methyl sites for hydroxylation is 1. The number of benzene rings is 2. The number of para-hydroxylation sites is 1. The van der Waals surface area contributed by atoms with E-state index in [0.29, 0.717) is 18.1 Å². The summed E-state index contributed by atoms with van der Waals surface area (Å²) < 4.78 is 33.1. The van der Waals surface area contributed by atoms with Crippen molar-refractivity contribution < 1.29 is 13.2 Å². The van der Waals surface area contributed by atoms with Gasteiger partial charge in [-0.2, -0.15) is 0 Å². The van der Waals surface area contributed by atoms with Crippen molar-refractivity contribution in [2.45, 2.75) is 18.4 Å². The maximum atomic E-state index is 12.5. The zero-order valence-corrected chi connectivity index (χ0v) is 14.6. The van der Waals surface area contributed by atoms with E-state index < -0.39 is 10.0 Å². The highest BCUT2D eigenvalue weighted by Crippen LogP contribution is 2.22. The van der Waals surface area contributed by atoms with Crippen molar-refractivity contribution in [2.75, 3.05) is 31.2 Å². The zero-order chi connectivity index (χ0) is 17.0. The lowest BCUT2D eigenvalue weighted by atomic mass is 10.1. The van der Waals surface area contributed by atoms with Gasteiger partial charge in [0, 0.05) is 25.3 Å². The van der Waals surface area contributed by atoms with E-state index in [1.54, 1.807) is 18.2 Å². The third-order valence-corrected chi connectivity index (χ3v) is 5.49. The fraction of sp³-hybridized carbons (Fsp3) is 0.333. The van der Waals surface area contributed by atoms with Crippen LogP contribution in [0.2, 0.25) is 0 Å². The lowest BCUT2D eigenvalue weighted by molar-refractivity contribution is 0.122. The van der Waals surface area contributed by atoms with Gasteiger partial charge in [0.25, 0.3) is 0 Å². The monoisotopic (exact) mass is 346 g/mol. The van der Waals surface area contributed by atoms with E-state index in [4.69, 9.17) is 4.74 Å². The fourth-order valence-electron chi connectivity index (χ4n) is 2.81. The summed E-state index contributed by atoms with van der Waals surface area (Å²) in [5.41, 5.74) is 2.95. The lowest BCUT2D eigenvalue weighted by Crippen LogP contribution is -2.37. The molecule has 2 aromatic carbocycles. The molecule has 3 rings (SSSR count). The van der Waals surface area contributed by atoms with Gasteiger partial charge in [0.2, 0.25) is 10.0 Å².